The van der Waals surface area contributed by atoms with Gasteiger partial charge in [-0.05, 0) is 18.4 Å². The van der Waals surface area contributed by atoms with Gasteiger partial charge >= 0.3 is 5.97 Å². The van der Waals surface area contributed by atoms with E-state index in [1.807, 2.05) is 18.2 Å². The average Bonchev–Trinajstić information content (AvgIpc) is 2.33. The van der Waals surface area contributed by atoms with E-state index in [1.165, 1.54) is 5.56 Å². The molecule has 0 radical (unpaired) electrons. The van der Waals surface area contributed by atoms with Gasteiger partial charge in [0.15, 0.2) is 0 Å². The van der Waals surface area contributed by atoms with E-state index < -0.39 is 0 Å². The van der Waals surface area contributed by atoms with Gasteiger partial charge in [-0.1, -0.05) is 50.1 Å². The van der Waals surface area contributed by atoms with Crippen LogP contribution in [0.4, 0.5) is 0 Å². The zero-order valence-electron chi connectivity index (χ0n) is 9.69. The van der Waals surface area contributed by atoms with Crippen LogP contribution in [0.2, 0.25) is 0 Å². The van der Waals surface area contributed by atoms with Crippen molar-refractivity contribution in [3.8, 4) is 0 Å². The third-order valence-electron chi connectivity index (χ3n) is 3.16. The van der Waals surface area contributed by atoms with Gasteiger partial charge in [-0.3, -0.25) is 4.79 Å². The topological polar surface area (TPSA) is 26.3 Å². The van der Waals surface area contributed by atoms with E-state index in [-0.39, 0.29) is 18.0 Å². The van der Waals surface area contributed by atoms with E-state index in [9.17, 15) is 4.79 Å². The summed E-state index contributed by atoms with van der Waals surface area (Å²) >= 11 is 0. The van der Waals surface area contributed by atoms with Crippen molar-refractivity contribution >= 4 is 5.97 Å². The molecule has 0 saturated carbocycles. The third kappa shape index (κ3) is 2.43. The number of rotatable bonds is 5. The van der Waals surface area contributed by atoms with E-state index in [4.69, 9.17) is 4.74 Å². The molecule has 2 rings (SSSR count). The lowest BCUT2D eigenvalue weighted by Gasteiger charge is -2.35. The third-order valence-corrected chi connectivity index (χ3v) is 3.16. The van der Waals surface area contributed by atoms with Crippen molar-refractivity contribution in [1.29, 1.82) is 0 Å². The smallest absolute Gasteiger partial charge is 0.313 e. The quantitative estimate of drug-likeness (QED) is 0.710. The predicted molar refractivity (Wildman–Crippen MR) is 63.0 cm³/mol. The van der Waals surface area contributed by atoms with Gasteiger partial charge < -0.3 is 4.74 Å². The minimum Gasteiger partial charge on any atom is -0.461 e. The van der Waals surface area contributed by atoms with Crippen molar-refractivity contribution in [2.75, 3.05) is 0 Å². The molecule has 2 atom stereocenters. The van der Waals surface area contributed by atoms with Gasteiger partial charge in [-0.15, -0.1) is 0 Å². The maximum absolute atomic E-state index is 11.4. The number of carbonyl (C=O) groups excluding carboxylic acids is 1. The number of hydrogen-bond acceptors (Lipinski definition) is 2. The van der Waals surface area contributed by atoms with Gasteiger partial charge in [0.2, 0.25) is 0 Å². The molecule has 1 aliphatic rings. The molecular weight excluding hydrogens is 200 g/mol. The minimum atomic E-state index is -0.0232. The summed E-state index contributed by atoms with van der Waals surface area (Å²) in [5.74, 6) is 0.0684. The maximum atomic E-state index is 11.4. The zero-order valence-corrected chi connectivity index (χ0v) is 9.69. The summed E-state index contributed by atoms with van der Waals surface area (Å²) in [5.41, 5.74) is 1.23. The Labute approximate surface area is 96.6 Å². The molecule has 0 unspecified atom stereocenters. The molecule has 0 spiro atoms. The second-order valence-electron chi connectivity index (χ2n) is 4.41. The number of carbonyl (C=O) groups is 1. The fourth-order valence-electron chi connectivity index (χ4n) is 2.15. The first kappa shape index (κ1) is 11.2. The van der Waals surface area contributed by atoms with Crippen molar-refractivity contribution in [3.63, 3.8) is 0 Å². The van der Waals surface area contributed by atoms with Gasteiger partial charge in [0.25, 0.3) is 0 Å². The Morgan fingerprint density at radius 2 is 2.00 bits per heavy atom. The van der Waals surface area contributed by atoms with Crippen LogP contribution < -0.4 is 0 Å². The van der Waals surface area contributed by atoms with E-state index in [0.717, 1.165) is 25.7 Å². The summed E-state index contributed by atoms with van der Waals surface area (Å²) in [7, 11) is 0. The van der Waals surface area contributed by atoms with Crippen molar-refractivity contribution in [1.82, 2.24) is 0 Å². The number of cyclic esters (lactones) is 1. The molecule has 1 heterocycles. The van der Waals surface area contributed by atoms with E-state index in [1.54, 1.807) is 0 Å². The van der Waals surface area contributed by atoms with Crippen LogP contribution in [-0.4, -0.2) is 12.1 Å². The molecule has 1 fully saturated rings. The number of benzene rings is 1. The number of hydrogen-bond donors (Lipinski definition) is 0. The summed E-state index contributed by atoms with van der Waals surface area (Å²) in [6, 6.07) is 10.2. The zero-order chi connectivity index (χ0) is 11.4. The number of ether oxygens (including phenoxy) is 1. The highest BCUT2D eigenvalue weighted by atomic mass is 16.6. The van der Waals surface area contributed by atoms with Crippen LogP contribution in [0.1, 0.15) is 31.7 Å². The van der Waals surface area contributed by atoms with Crippen LogP contribution in [0.5, 0.6) is 0 Å². The first-order chi connectivity index (χ1) is 7.81. The van der Waals surface area contributed by atoms with Gasteiger partial charge in [-0.25, -0.2) is 0 Å². The van der Waals surface area contributed by atoms with Crippen molar-refractivity contribution in [2.45, 2.75) is 38.7 Å². The van der Waals surface area contributed by atoms with E-state index in [2.05, 4.69) is 19.1 Å². The monoisotopic (exact) mass is 218 g/mol. The van der Waals surface area contributed by atoms with Gasteiger partial charge in [-0.2, -0.15) is 0 Å². The van der Waals surface area contributed by atoms with E-state index >= 15 is 0 Å². The molecular formula is C14H18O2. The van der Waals surface area contributed by atoms with E-state index in [0.29, 0.717) is 0 Å². The Kier molecular flexibility index (Phi) is 3.60. The second-order valence-corrected chi connectivity index (χ2v) is 4.41. The Balaban J connectivity index is 1.90. The van der Waals surface area contributed by atoms with Crippen LogP contribution >= 0.6 is 0 Å². The summed E-state index contributed by atoms with van der Waals surface area (Å²) in [6.45, 7) is 2.16. The summed E-state index contributed by atoms with van der Waals surface area (Å²) in [4.78, 5) is 11.4. The van der Waals surface area contributed by atoms with Crippen LogP contribution in [0.15, 0.2) is 30.3 Å². The number of unbranched alkanes of at least 4 members (excludes halogenated alkanes) is 1. The molecule has 0 bridgehead atoms. The Bertz CT molecular complexity index is 345. The van der Waals surface area contributed by atoms with Crippen molar-refractivity contribution in [2.24, 2.45) is 5.92 Å². The molecule has 16 heavy (non-hydrogen) atoms. The molecule has 1 aromatic carbocycles. The van der Waals surface area contributed by atoms with Crippen molar-refractivity contribution < 1.29 is 9.53 Å². The van der Waals surface area contributed by atoms with Gasteiger partial charge in [0.05, 0.1) is 5.92 Å². The average molecular weight is 218 g/mol. The second kappa shape index (κ2) is 5.15. The molecule has 2 heteroatoms. The summed E-state index contributed by atoms with van der Waals surface area (Å²) < 4.78 is 5.19. The number of esters is 1. The Morgan fingerprint density at radius 1 is 1.25 bits per heavy atom. The molecule has 1 aromatic rings. The lowest BCUT2D eigenvalue weighted by Crippen LogP contribution is -2.46. The van der Waals surface area contributed by atoms with Crippen molar-refractivity contribution in [3.05, 3.63) is 35.9 Å². The fraction of sp³-hybridized carbons (Fsp3) is 0.500. The molecule has 0 N–H and O–H groups in total. The SMILES string of the molecule is CCCC[C@@H]1OC(=O)[C@H]1Cc1ccccc1. The molecule has 2 nitrogen and oxygen atoms in total. The van der Waals surface area contributed by atoms with Gasteiger partial charge in [0, 0.05) is 0 Å². The Hall–Kier alpha value is -1.31. The molecule has 0 amide bonds. The molecule has 1 aliphatic heterocycles. The van der Waals surface area contributed by atoms with Gasteiger partial charge in [0.1, 0.15) is 6.10 Å². The molecule has 1 saturated heterocycles. The highest BCUT2D eigenvalue weighted by molar-refractivity contribution is 5.78. The highest BCUT2D eigenvalue weighted by Gasteiger charge is 2.41. The normalized spacial score (nSPS) is 23.7. The van der Waals surface area contributed by atoms with Crippen LogP contribution in [0.3, 0.4) is 0 Å². The first-order valence-corrected chi connectivity index (χ1v) is 6.05. The largest absolute Gasteiger partial charge is 0.461 e. The first-order valence-electron chi connectivity index (χ1n) is 6.05. The van der Waals surface area contributed by atoms with Crippen LogP contribution in [-0.2, 0) is 16.0 Å². The minimum absolute atomic E-state index is 0.0232. The Morgan fingerprint density at radius 3 is 2.62 bits per heavy atom. The van der Waals surface area contributed by atoms with Crippen LogP contribution in [0, 0.1) is 5.92 Å². The fourth-order valence-corrected chi connectivity index (χ4v) is 2.15. The summed E-state index contributed by atoms with van der Waals surface area (Å²) in [6.07, 6.45) is 4.30. The maximum Gasteiger partial charge on any atom is 0.313 e. The van der Waals surface area contributed by atoms with Crippen LogP contribution in [0.25, 0.3) is 0 Å². The lowest BCUT2D eigenvalue weighted by molar-refractivity contribution is -0.185. The standard InChI is InChI=1S/C14H18O2/c1-2-3-9-13-12(14(15)16-13)10-11-7-5-4-6-8-11/h4-8,12-13H,2-3,9-10H2,1H3/t12-,13-/m0/s1. The molecule has 86 valence electrons. The highest BCUT2D eigenvalue weighted by Crippen LogP contribution is 2.29. The summed E-state index contributed by atoms with van der Waals surface area (Å²) in [5, 5.41) is 0. The predicted octanol–water partition coefficient (Wildman–Crippen LogP) is 2.96. The molecule has 0 aliphatic carbocycles. The molecule has 0 aromatic heterocycles. The lowest BCUT2D eigenvalue weighted by atomic mass is 9.87.